The number of nitrogens with one attached hydrogen (secondary N) is 3. The quantitative estimate of drug-likeness (QED) is 0.0799. The van der Waals surface area contributed by atoms with Crippen molar-refractivity contribution in [1.82, 2.24) is 20.1 Å². The molecule has 1 aliphatic carbocycles. The Labute approximate surface area is 393 Å². The predicted octanol–water partition coefficient (Wildman–Crippen LogP) is 7.35. The predicted molar refractivity (Wildman–Crippen MR) is 256 cm³/mol. The molecular weight excluding hydrogens is 868 g/mol. The Morgan fingerprint density at radius 1 is 0.794 bits per heavy atom. The molecule has 15 nitrogen and oxygen atoms in total. The average Bonchev–Trinajstić information content (AvgIpc) is 4.14. The van der Waals surface area contributed by atoms with Gasteiger partial charge in [0, 0.05) is 73.6 Å². The molecular formula is C52H53FN8O7. The van der Waals surface area contributed by atoms with E-state index in [0.29, 0.717) is 71.3 Å². The van der Waals surface area contributed by atoms with Crippen molar-refractivity contribution in [2.45, 2.75) is 51.0 Å². The van der Waals surface area contributed by atoms with Gasteiger partial charge in [-0.15, -0.1) is 0 Å². The Kier molecular flexibility index (Phi) is 12.0. The summed E-state index contributed by atoms with van der Waals surface area (Å²) in [5.41, 5.74) is 3.78. The van der Waals surface area contributed by atoms with Gasteiger partial charge in [-0.2, -0.15) is 0 Å². The van der Waals surface area contributed by atoms with Crippen molar-refractivity contribution in [2.24, 2.45) is 11.3 Å². The van der Waals surface area contributed by atoms with E-state index in [-0.39, 0.29) is 5.91 Å². The van der Waals surface area contributed by atoms with Crippen LogP contribution in [0, 0.1) is 17.2 Å². The second-order valence-electron chi connectivity index (χ2n) is 18.4. The van der Waals surface area contributed by atoms with Crippen LogP contribution in [0.2, 0.25) is 0 Å². The van der Waals surface area contributed by atoms with Gasteiger partial charge in [0.25, 0.3) is 11.8 Å². The van der Waals surface area contributed by atoms with E-state index >= 15 is 0 Å². The maximum atomic E-state index is 13.4. The third kappa shape index (κ3) is 8.83. The number of nitrogens with zero attached hydrogens (tertiary/aromatic N) is 5. The molecule has 4 aromatic carbocycles. The molecule has 1 saturated carbocycles. The molecule has 10 rings (SSSR count). The fourth-order valence-electron chi connectivity index (χ4n) is 9.88. The Morgan fingerprint density at radius 3 is 2.13 bits per heavy atom. The van der Waals surface area contributed by atoms with E-state index in [9.17, 15) is 28.4 Å². The SMILES string of the molecule is C=C1CCC(N2C(=O)c3ccc(N4CCN(CCC5CCN(c6cc7nccc(Oc8ccc(NC(=O)C9(C(=O)Nc%10ccc(F)cc%10)CC9)cc8)c7cc6OC)CC5)CC4)cc3C2=O)C(=O)N1. The van der Waals surface area contributed by atoms with E-state index < -0.39 is 40.9 Å². The highest BCUT2D eigenvalue weighted by Crippen LogP contribution is 2.48. The highest BCUT2D eigenvalue weighted by atomic mass is 19.1. The minimum Gasteiger partial charge on any atom is -0.495 e. The minimum atomic E-state index is -1.17. The van der Waals surface area contributed by atoms with Gasteiger partial charge in [0.1, 0.15) is 34.5 Å². The van der Waals surface area contributed by atoms with Crippen molar-refractivity contribution in [2.75, 3.05) is 73.4 Å². The van der Waals surface area contributed by atoms with Crippen LogP contribution >= 0.6 is 0 Å². The molecule has 5 aliphatic rings. The fourth-order valence-corrected chi connectivity index (χ4v) is 9.88. The molecule has 5 heterocycles. The van der Waals surface area contributed by atoms with Gasteiger partial charge in [0.05, 0.1) is 29.4 Å². The summed E-state index contributed by atoms with van der Waals surface area (Å²) in [6, 6.07) is 22.9. The number of piperazine rings is 1. The largest absolute Gasteiger partial charge is 0.495 e. The number of hydrogen-bond acceptors (Lipinski definition) is 11. The first-order valence-corrected chi connectivity index (χ1v) is 23.3. The van der Waals surface area contributed by atoms with Crippen LogP contribution in [-0.2, 0) is 14.4 Å². The highest BCUT2D eigenvalue weighted by molar-refractivity contribution is 6.23. The average molecular weight is 921 g/mol. The zero-order valence-electron chi connectivity index (χ0n) is 37.9. The Morgan fingerprint density at radius 2 is 1.47 bits per heavy atom. The molecule has 0 spiro atoms. The van der Waals surface area contributed by atoms with Crippen LogP contribution in [0.15, 0.2) is 103 Å². The molecule has 1 atom stereocenters. The van der Waals surface area contributed by atoms with Crippen molar-refractivity contribution >= 4 is 63.2 Å². The zero-order valence-corrected chi connectivity index (χ0v) is 37.9. The Hall–Kier alpha value is -7.33. The molecule has 4 fully saturated rings. The lowest BCUT2D eigenvalue weighted by Crippen LogP contribution is -2.51. The molecule has 5 aromatic rings. The zero-order chi connectivity index (χ0) is 47.1. The minimum absolute atomic E-state index is 0.348. The molecule has 4 aliphatic heterocycles. The van der Waals surface area contributed by atoms with E-state index in [0.717, 1.165) is 98.0 Å². The molecule has 3 N–H and O–H groups in total. The molecule has 68 heavy (non-hydrogen) atoms. The monoisotopic (exact) mass is 920 g/mol. The van der Waals surface area contributed by atoms with Crippen LogP contribution < -0.4 is 35.2 Å². The lowest BCUT2D eigenvalue weighted by molar-refractivity contribution is -0.131. The first-order valence-electron chi connectivity index (χ1n) is 23.3. The summed E-state index contributed by atoms with van der Waals surface area (Å²) in [7, 11) is 1.68. The number of carbonyl (C=O) groups is 5. The molecule has 350 valence electrons. The number of hydrogen-bond donors (Lipinski definition) is 3. The summed E-state index contributed by atoms with van der Waals surface area (Å²) >= 11 is 0. The number of benzene rings is 4. The van der Waals surface area contributed by atoms with Gasteiger partial charge in [0.2, 0.25) is 17.7 Å². The number of carbonyl (C=O) groups excluding carboxylic acids is 5. The lowest BCUT2D eigenvalue weighted by atomic mass is 9.92. The van der Waals surface area contributed by atoms with Crippen LogP contribution in [0.1, 0.15) is 65.7 Å². The van der Waals surface area contributed by atoms with Crippen molar-refractivity contribution < 1.29 is 37.8 Å². The maximum Gasteiger partial charge on any atom is 0.262 e. The number of aromatic nitrogens is 1. The van der Waals surface area contributed by atoms with Gasteiger partial charge in [-0.3, -0.25) is 38.8 Å². The number of pyridine rings is 1. The summed E-state index contributed by atoms with van der Waals surface area (Å²) < 4.78 is 25.6. The van der Waals surface area contributed by atoms with Gasteiger partial charge in [-0.1, -0.05) is 6.58 Å². The number of anilines is 4. The first kappa shape index (κ1) is 44.5. The van der Waals surface area contributed by atoms with E-state index in [2.05, 4.69) is 48.3 Å². The summed E-state index contributed by atoms with van der Waals surface area (Å²) in [5.74, 6) is 0.0852. The standard InChI is InChI=1S/C52H53FN8O7/c1-32-3-14-43(47(62)55-32)61-48(63)39-13-10-37(29-40(39)49(61)64)59-27-25-58(26-28-59)22-16-33-17-23-60(24-18-33)44-31-42-41(30-46(44)67-2)45(15-21-54-42)68-38-11-8-36(9-12-38)57-51(66)52(19-20-52)50(65)56-35-6-4-34(53)5-7-35/h4-13,15,21,29-31,33,43H,1,3,14,16-20,22-28H2,2H3,(H,55,62)(H,56,65)(H,57,66). The van der Waals surface area contributed by atoms with Crippen molar-refractivity contribution in [3.05, 3.63) is 120 Å². The van der Waals surface area contributed by atoms with Crippen LogP contribution in [0.3, 0.4) is 0 Å². The number of imide groups is 1. The second kappa shape index (κ2) is 18.4. The van der Waals surface area contributed by atoms with Gasteiger partial charge in [0.15, 0.2) is 0 Å². The first-order chi connectivity index (χ1) is 33.0. The van der Waals surface area contributed by atoms with Crippen LogP contribution in [0.4, 0.5) is 27.1 Å². The van der Waals surface area contributed by atoms with E-state index in [1.165, 1.54) is 24.3 Å². The molecule has 1 aromatic heterocycles. The van der Waals surface area contributed by atoms with Gasteiger partial charge in [-0.05, 0) is 142 Å². The maximum absolute atomic E-state index is 13.4. The second-order valence-corrected chi connectivity index (χ2v) is 18.4. The van der Waals surface area contributed by atoms with Crippen LogP contribution in [-0.4, -0.2) is 103 Å². The highest BCUT2D eigenvalue weighted by Gasteiger charge is 2.56. The molecule has 0 radical (unpaired) electrons. The summed E-state index contributed by atoms with van der Waals surface area (Å²) in [6.45, 7) is 10.1. The van der Waals surface area contributed by atoms with Crippen molar-refractivity contribution in [1.29, 1.82) is 0 Å². The fraction of sp³-hybridized carbons (Fsp3) is 0.346. The summed E-state index contributed by atoms with van der Waals surface area (Å²) in [6.07, 6.45) is 6.72. The molecule has 3 saturated heterocycles. The number of rotatable bonds is 13. The van der Waals surface area contributed by atoms with Crippen LogP contribution in [0.25, 0.3) is 10.9 Å². The summed E-state index contributed by atoms with van der Waals surface area (Å²) in [4.78, 5) is 78.5. The summed E-state index contributed by atoms with van der Waals surface area (Å²) in [5, 5.41) is 9.08. The topological polar surface area (TPSA) is 166 Å². The number of allylic oxidation sites excluding steroid dienone is 1. The van der Waals surface area contributed by atoms with Gasteiger partial charge in [-0.25, -0.2) is 4.39 Å². The third-order valence-corrected chi connectivity index (χ3v) is 14.1. The number of halogens is 1. The van der Waals surface area contributed by atoms with Crippen molar-refractivity contribution in [3.63, 3.8) is 0 Å². The van der Waals surface area contributed by atoms with Gasteiger partial charge < -0.3 is 35.2 Å². The Bertz CT molecular complexity index is 2820. The van der Waals surface area contributed by atoms with Gasteiger partial charge >= 0.3 is 0 Å². The molecule has 0 bridgehead atoms. The third-order valence-electron chi connectivity index (χ3n) is 14.1. The van der Waals surface area contributed by atoms with E-state index in [1.807, 2.05) is 24.3 Å². The van der Waals surface area contributed by atoms with Crippen LogP contribution in [0.5, 0.6) is 17.2 Å². The number of piperidine rings is 2. The smallest absolute Gasteiger partial charge is 0.262 e. The molecule has 16 heteroatoms. The lowest BCUT2D eigenvalue weighted by Gasteiger charge is -2.38. The molecule has 5 amide bonds. The number of fused-ring (bicyclic) bond motifs is 2. The number of ether oxygens (including phenoxy) is 2. The van der Waals surface area contributed by atoms with E-state index in [4.69, 9.17) is 9.47 Å². The number of amides is 5. The number of methoxy groups -OCH3 is 1. The van der Waals surface area contributed by atoms with E-state index in [1.54, 1.807) is 43.6 Å². The Balaban J connectivity index is 0.699. The normalized spacial score (nSPS) is 19.4. The van der Waals surface area contributed by atoms with Crippen molar-refractivity contribution in [3.8, 4) is 17.2 Å². The molecule has 1 unspecified atom stereocenters.